The molecule has 2 atom stereocenters. The molecule has 0 spiro atoms. The molecule has 2 nitrogen and oxygen atoms in total. The maximum absolute atomic E-state index is 13.1. The molecular weight excluding hydrogens is 214 g/mol. The molecule has 0 aromatic rings. The minimum Gasteiger partial charge on any atom is -0.376 e. The van der Waals surface area contributed by atoms with Crippen LogP contribution in [0.2, 0.25) is 0 Å². The highest BCUT2D eigenvalue weighted by molar-refractivity contribution is 4.97. The quantitative estimate of drug-likeness (QED) is 0.630. The van der Waals surface area contributed by atoms with E-state index in [4.69, 9.17) is 9.47 Å². The van der Waals surface area contributed by atoms with Crippen LogP contribution in [0.4, 0.5) is 8.78 Å². The zero-order valence-electron chi connectivity index (χ0n) is 10.1. The van der Waals surface area contributed by atoms with Crippen LogP contribution in [0.1, 0.15) is 27.2 Å². The predicted octanol–water partition coefficient (Wildman–Crippen LogP) is 3.03. The lowest BCUT2D eigenvalue weighted by Gasteiger charge is -2.15. The Morgan fingerprint density at radius 1 is 1.31 bits per heavy atom. The van der Waals surface area contributed by atoms with Gasteiger partial charge in [-0.2, -0.15) is 0 Å². The Morgan fingerprint density at radius 3 is 2.50 bits per heavy atom. The number of hydrogen-bond acceptors (Lipinski definition) is 2. The van der Waals surface area contributed by atoms with Crippen molar-refractivity contribution in [3.63, 3.8) is 0 Å². The molecule has 0 aliphatic heterocycles. The van der Waals surface area contributed by atoms with Gasteiger partial charge in [0.15, 0.2) is 0 Å². The van der Waals surface area contributed by atoms with E-state index in [0.717, 1.165) is 12.5 Å². The fourth-order valence-electron chi connectivity index (χ4n) is 1.29. The first kappa shape index (κ1) is 13.6. The predicted molar refractivity (Wildman–Crippen MR) is 58.7 cm³/mol. The summed E-state index contributed by atoms with van der Waals surface area (Å²) in [5, 5.41) is 0. The number of hydrogen-bond donors (Lipinski definition) is 0. The van der Waals surface area contributed by atoms with Crippen molar-refractivity contribution in [2.24, 2.45) is 5.92 Å². The molecule has 0 saturated heterocycles. The highest BCUT2D eigenvalue weighted by Crippen LogP contribution is 2.29. The zero-order chi connectivity index (χ0) is 12.2. The number of allylic oxidation sites excluding steroid dienone is 1. The second-order valence-electron chi connectivity index (χ2n) is 4.33. The monoisotopic (exact) mass is 234 g/mol. The zero-order valence-corrected chi connectivity index (χ0v) is 10.1. The molecule has 1 saturated carbocycles. The highest BCUT2D eigenvalue weighted by atomic mass is 19.3. The Kier molecular flexibility index (Phi) is 4.87. The van der Waals surface area contributed by atoms with Gasteiger partial charge in [-0.15, -0.1) is 0 Å². The maximum atomic E-state index is 13.1. The molecule has 0 aromatic heterocycles. The van der Waals surface area contributed by atoms with E-state index in [0.29, 0.717) is 6.61 Å². The van der Waals surface area contributed by atoms with Gasteiger partial charge in [0.25, 0.3) is 5.92 Å². The van der Waals surface area contributed by atoms with Gasteiger partial charge >= 0.3 is 0 Å². The van der Waals surface area contributed by atoms with Crippen molar-refractivity contribution in [3.05, 3.63) is 12.2 Å². The lowest BCUT2D eigenvalue weighted by Crippen LogP contribution is -2.20. The van der Waals surface area contributed by atoms with Crippen LogP contribution in [0.15, 0.2) is 12.2 Å². The summed E-state index contributed by atoms with van der Waals surface area (Å²) in [7, 11) is 0. The standard InChI is InChI=1S/C12H20F2O2/c1-4-15-10-8-11(10)16-7-5-6-12(13,14)9(2)3/h5-6,9-11H,4,7-8H2,1-3H3/b6-5+. The van der Waals surface area contributed by atoms with Crippen LogP contribution in [-0.2, 0) is 9.47 Å². The summed E-state index contributed by atoms with van der Waals surface area (Å²) in [6, 6.07) is 0. The van der Waals surface area contributed by atoms with Gasteiger partial charge < -0.3 is 9.47 Å². The van der Waals surface area contributed by atoms with Crippen molar-refractivity contribution in [2.75, 3.05) is 13.2 Å². The first-order valence-corrected chi connectivity index (χ1v) is 5.76. The third kappa shape index (κ3) is 4.18. The number of ether oxygens (including phenoxy) is 2. The average molecular weight is 234 g/mol. The first-order chi connectivity index (χ1) is 7.47. The minimum atomic E-state index is -2.74. The van der Waals surface area contributed by atoms with Crippen LogP contribution in [0.5, 0.6) is 0 Å². The lowest BCUT2D eigenvalue weighted by molar-refractivity contribution is 0.00489. The largest absolute Gasteiger partial charge is 0.376 e. The van der Waals surface area contributed by atoms with Crippen LogP contribution >= 0.6 is 0 Å². The fourth-order valence-corrected chi connectivity index (χ4v) is 1.29. The van der Waals surface area contributed by atoms with Crippen LogP contribution < -0.4 is 0 Å². The smallest absolute Gasteiger partial charge is 0.268 e. The van der Waals surface area contributed by atoms with Crippen LogP contribution in [0.25, 0.3) is 0 Å². The molecule has 1 rings (SSSR count). The third-order valence-electron chi connectivity index (χ3n) is 2.57. The van der Waals surface area contributed by atoms with Crippen LogP contribution in [0, 0.1) is 5.92 Å². The summed E-state index contributed by atoms with van der Waals surface area (Å²) in [5.41, 5.74) is 0. The van der Waals surface area contributed by atoms with E-state index in [2.05, 4.69) is 0 Å². The van der Waals surface area contributed by atoms with Crippen LogP contribution in [0.3, 0.4) is 0 Å². The van der Waals surface area contributed by atoms with Crippen molar-refractivity contribution >= 4 is 0 Å². The van der Waals surface area contributed by atoms with Crippen LogP contribution in [-0.4, -0.2) is 31.3 Å². The van der Waals surface area contributed by atoms with Crippen molar-refractivity contribution in [3.8, 4) is 0 Å². The first-order valence-electron chi connectivity index (χ1n) is 5.76. The van der Waals surface area contributed by atoms with Gasteiger partial charge in [0.1, 0.15) is 0 Å². The molecular formula is C12H20F2O2. The van der Waals surface area contributed by atoms with E-state index in [1.807, 2.05) is 6.92 Å². The van der Waals surface area contributed by atoms with Crippen molar-refractivity contribution in [2.45, 2.75) is 45.3 Å². The number of alkyl halides is 2. The topological polar surface area (TPSA) is 18.5 Å². The maximum Gasteiger partial charge on any atom is 0.268 e. The van der Waals surface area contributed by atoms with E-state index in [-0.39, 0.29) is 18.8 Å². The van der Waals surface area contributed by atoms with Gasteiger partial charge in [0.05, 0.1) is 18.8 Å². The Balaban J connectivity index is 2.14. The normalized spacial score (nSPS) is 25.6. The third-order valence-corrected chi connectivity index (χ3v) is 2.57. The van der Waals surface area contributed by atoms with E-state index in [9.17, 15) is 8.78 Å². The Morgan fingerprint density at radius 2 is 1.94 bits per heavy atom. The van der Waals surface area contributed by atoms with Crippen molar-refractivity contribution in [1.82, 2.24) is 0 Å². The summed E-state index contributed by atoms with van der Waals surface area (Å²) in [5.74, 6) is -3.42. The Bertz CT molecular complexity index is 239. The number of rotatable bonds is 7. The molecule has 0 radical (unpaired) electrons. The Hall–Kier alpha value is -0.480. The molecule has 1 fully saturated rings. The molecule has 2 unspecified atom stereocenters. The number of halogens is 2. The van der Waals surface area contributed by atoms with E-state index >= 15 is 0 Å². The molecule has 1 aliphatic rings. The molecule has 0 bridgehead atoms. The summed E-state index contributed by atoms with van der Waals surface area (Å²) in [6.07, 6.45) is 3.46. The lowest BCUT2D eigenvalue weighted by atomic mass is 10.1. The molecule has 16 heavy (non-hydrogen) atoms. The van der Waals surface area contributed by atoms with Gasteiger partial charge in [0.2, 0.25) is 0 Å². The minimum absolute atomic E-state index is 0.0947. The molecule has 0 N–H and O–H groups in total. The average Bonchev–Trinajstić information content (AvgIpc) is 2.92. The van der Waals surface area contributed by atoms with Gasteiger partial charge in [-0.25, -0.2) is 8.78 Å². The van der Waals surface area contributed by atoms with Gasteiger partial charge in [-0.3, -0.25) is 0 Å². The summed E-state index contributed by atoms with van der Waals surface area (Å²) < 4.78 is 36.9. The molecule has 94 valence electrons. The molecule has 0 heterocycles. The summed E-state index contributed by atoms with van der Waals surface area (Å²) in [4.78, 5) is 0. The van der Waals surface area contributed by atoms with E-state index in [1.54, 1.807) is 0 Å². The van der Waals surface area contributed by atoms with Gasteiger partial charge in [-0.05, 0) is 13.0 Å². The SMILES string of the molecule is CCOC1CC1OC/C=C/C(F)(F)C(C)C. The van der Waals surface area contributed by atoms with E-state index < -0.39 is 11.8 Å². The highest BCUT2D eigenvalue weighted by Gasteiger charge is 2.38. The van der Waals surface area contributed by atoms with Crippen molar-refractivity contribution in [1.29, 1.82) is 0 Å². The second-order valence-corrected chi connectivity index (χ2v) is 4.33. The van der Waals surface area contributed by atoms with Gasteiger partial charge in [-0.1, -0.05) is 19.9 Å². The van der Waals surface area contributed by atoms with Gasteiger partial charge in [0, 0.05) is 18.9 Å². The summed E-state index contributed by atoms with van der Waals surface area (Å²) in [6.45, 7) is 5.83. The molecule has 1 aliphatic carbocycles. The van der Waals surface area contributed by atoms with E-state index in [1.165, 1.54) is 19.9 Å². The molecule has 0 aromatic carbocycles. The summed E-state index contributed by atoms with van der Waals surface area (Å²) >= 11 is 0. The Labute approximate surface area is 95.6 Å². The van der Waals surface area contributed by atoms with Crippen molar-refractivity contribution < 1.29 is 18.3 Å². The fraction of sp³-hybridized carbons (Fsp3) is 0.833. The molecule has 4 heteroatoms. The molecule has 0 amide bonds. The second kappa shape index (κ2) is 5.73.